The summed E-state index contributed by atoms with van der Waals surface area (Å²) in [5.74, 6) is 0.921. The van der Waals surface area contributed by atoms with Crippen LogP contribution in [-0.4, -0.2) is 34.0 Å². The molecule has 0 unspecified atom stereocenters. The number of hydrogen-bond acceptors (Lipinski definition) is 7. The first-order valence-electron chi connectivity index (χ1n) is 7.49. The standard InChI is InChI=1S/C16H17N5O3S/c1-21-13(4-6-19-21)12-8-11(2-3-14(12)23-7-5-17)20-16(22)24-15-9-25-10-18-15/h2-4,6,8-10H,5,7,17H2,1H3,(H,20,22). The maximum absolute atomic E-state index is 12.0. The van der Waals surface area contributed by atoms with E-state index in [4.69, 9.17) is 15.2 Å². The molecule has 1 amide bonds. The van der Waals surface area contributed by atoms with Crippen LogP contribution in [-0.2, 0) is 7.05 Å². The van der Waals surface area contributed by atoms with Crippen LogP contribution in [0.3, 0.4) is 0 Å². The molecule has 0 aliphatic rings. The maximum Gasteiger partial charge on any atom is 0.418 e. The average Bonchev–Trinajstić information content (AvgIpc) is 3.25. The first-order valence-corrected chi connectivity index (χ1v) is 8.44. The van der Waals surface area contributed by atoms with Crippen molar-refractivity contribution in [3.8, 4) is 22.9 Å². The summed E-state index contributed by atoms with van der Waals surface area (Å²) in [6.07, 6.45) is 1.08. The van der Waals surface area contributed by atoms with E-state index < -0.39 is 6.09 Å². The van der Waals surface area contributed by atoms with Crippen LogP contribution in [0, 0.1) is 0 Å². The molecule has 3 rings (SSSR count). The number of amides is 1. The van der Waals surface area contributed by atoms with Crippen molar-refractivity contribution in [2.75, 3.05) is 18.5 Å². The summed E-state index contributed by atoms with van der Waals surface area (Å²) >= 11 is 1.35. The van der Waals surface area contributed by atoms with Gasteiger partial charge in [0.2, 0.25) is 5.88 Å². The Morgan fingerprint density at radius 3 is 2.96 bits per heavy atom. The molecule has 0 radical (unpaired) electrons. The molecule has 2 heterocycles. The van der Waals surface area contributed by atoms with Gasteiger partial charge in [0.05, 0.1) is 16.6 Å². The quantitative estimate of drug-likeness (QED) is 0.701. The number of nitrogens with two attached hydrogens (primary N) is 1. The summed E-state index contributed by atoms with van der Waals surface area (Å²) < 4.78 is 12.5. The summed E-state index contributed by atoms with van der Waals surface area (Å²) in [6.45, 7) is 0.800. The maximum atomic E-state index is 12.0. The van der Waals surface area contributed by atoms with Gasteiger partial charge in [0.25, 0.3) is 0 Å². The van der Waals surface area contributed by atoms with Crippen LogP contribution in [0.1, 0.15) is 0 Å². The van der Waals surface area contributed by atoms with Crippen molar-refractivity contribution in [1.82, 2.24) is 14.8 Å². The summed E-state index contributed by atoms with van der Waals surface area (Å²) in [5, 5.41) is 8.49. The van der Waals surface area contributed by atoms with Crippen molar-refractivity contribution in [1.29, 1.82) is 0 Å². The van der Waals surface area contributed by atoms with Gasteiger partial charge in [0.15, 0.2) is 0 Å². The first-order chi connectivity index (χ1) is 12.2. The van der Waals surface area contributed by atoms with E-state index >= 15 is 0 Å². The number of carbonyl (C=O) groups is 1. The predicted molar refractivity (Wildman–Crippen MR) is 95.0 cm³/mol. The van der Waals surface area contributed by atoms with Gasteiger partial charge >= 0.3 is 6.09 Å². The number of hydrogen-bond donors (Lipinski definition) is 2. The zero-order valence-electron chi connectivity index (χ0n) is 13.5. The molecule has 9 heteroatoms. The second kappa shape index (κ2) is 7.77. The number of benzene rings is 1. The Labute approximate surface area is 148 Å². The molecule has 1 aromatic carbocycles. The van der Waals surface area contributed by atoms with E-state index in [0.717, 1.165) is 11.3 Å². The number of nitrogens with one attached hydrogen (secondary N) is 1. The van der Waals surface area contributed by atoms with Crippen molar-refractivity contribution in [2.45, 2.75) is 0 Å². The lowest BCUT2D eigenvalue weighted by atomic mass is 10.1. The van der Waals surface area contributed by atoms with Crippen molar-refractivity contribution < 1.29 is 14.3 Å². The van der Waals surface area contributed by atoms with Gasteiger partial charge in [-0.15, -0.1) is 11.3 Å². The van der Waals surface area contributed by atoms with Crippen LogP contribution in [0.2, 0.25) is 0 Å². The fourth-order valence-corrected chi connectivity index (χ4v) is 2.68. The van der Waals surface area contributed by atoms with E-state index in [1.165, 1.54) is 11.3 Å². The molecule has 0 spiro atoms. The lowest BCUT2D eigenvalue weighted by Gasteiger charge is -2.13. The highest BCUT2D eigenvalue weighted by Gasteiger charge is 2.13. The molecule has 8 nitrogen and oxygen atoms in total. The largest absolute Gasteiger partial charge is 0.492 e. The number of ether oxygens (including phenoxy) is 2. The van der Waals surface area contributed by atoms with Crippen molar-refractivity contribution in [3.63, 3.8) is 0 Å². The Bertz CT molecular complexity index is 847. The predicted octanol–water partition coefficient (Wildman–Crippen LogP) is 2.49. The monoisotopic (exact) mass is 359 g/mol. The van der Waals surface area contributed by atoms with Crippen LogP contribution < -0.4 is 20.5 Å². The second-order valence-electron chi connectivity index (χ2n) is 5.03. The van der Waals surface area contributed by atoms with E-state index in [1.54, 1.807) is 40.0 Å². The molecular formula is C16H17N5O3S. The minimum Gasteiger partial charge on any atom is -0.492 e. The van der Waals surface area contributed by atoms with E-state index in [1.807, 2.05) is 13.1 Å². The Morgan fingerprint density at radius 1 is 1.40 bits per heavy atom. The van der Waals surface area contributed by atoms with Gasteiger partial charge in [-0.3, -0.25) is 10.00 Å². The number of aromatic nitrogens is 3. The van der Waals surface area contributed by atoms with Crippen LogP contribution in [0.25, 0.3) is 11.3 Å². The molecular weight excluding hydrogens is 342 g/mol. The van der Waals surface area contributed by atoms with Crippen LogP contribution in [0.4, 0.5) is 10.5 Å². The Balaban J connectivity index is 1.83. The van der Waals surface area contributed by atoms with E-state index in [9.17, 15) is 4.79 Å². The third kappa shape index (κ3) is 4.14. The lowest BCUT2D eigenvalue weighted by molar-refractivity contribution is 0.213. The molecule has 25 heavy (non-hydrogen) atoms. The first kappa shape index (κ1) is 16.9. The summed E-state index contributed by atoms with van der Waals surface area (Å²) in [4.78, 5) is 15.9. The van der Waals surface area contributed by atoms with E-state index in [0.29, 0.717) is 24.6 Å². The highest BCUT2D eigenvalue weighted by molar-refractivity contribution is 7.07. The SMILES string of the molecule is Cn1nccc1-c1cc(NC(=O)Oc2cscn2)ccc1OCCN. The zero-order chi connectivity index (χ0) is 17.6. The molecule has 3 aromatic rings. The van der Waals surface area contributed by atoms with Gasteiger partial charge in [-0.1, -0.05) is 0 Å². The molecule has 2 aromatic heterocycles. The van der Waals surface area contributed by atoms with Crippen LogP contribution >= 0.6 is 11.3 Å². The molecule has 0 aliphatic carbocycles. The van der Waals surface area contributed by atoms with Crippen molar-refractivity contribution >= 4 is 23.1 Å². The Morgan fingerprint density at radius 2 is 2.28 bits per heavy atom. The van der Waals surface area contributed by atoms with E-state index in [2.05, 4.69) is 15.4 Å². The molecule has 0 fully saturated rings. The number of anilines is 1. The molecule has 0 bridgehead atoms. The molecule has 3 N–H and O–H groups in total. The number of carbonyl (C=O) groups excluding carboxylic acids is 1. The fourth-order valence-electron chi connectivity index (χ4n) is 2.23. The topological polar surface area (TPSA) is 104 Å². The highest BCUT2D eigenvalue weighted by Crippen LogP contribution is 2.32. The highest BCUT2D eigenvalue weighted by atomic mass is 32.1. The smallest absolute Gasteiger partial charge is 0.418 e. The van der Waals surface area contributed by atoms with Gasteiger partial charge in [0, 0.05) is 31.0 Å². The van der Waals surface area contributed by atoms with Crippen molar-refractivity contribution in [3.05, 3.63) is 41.4 Å². The molecule has 130 valence electrons. The summed E-state index contributed by atoms with van der Waals surface area (Å²) in [5.41, 5.74) is 9.31. The third-order valence-electron chi connectivity index (χ3n) is 3.31. The molecule has 0 aliphatic heterocycles. The van der Waals surface area contributed by atoms with Gasteiger partial charge < -0.3 is 15.2 Å². The molecule has 0 saturated carbocycles. The van der Waals surface area contributed by atoms with Gasteiger partial charge in [0.1, 0.15) is 12.4 Å². The number of aryl methyl sites for hydroxylation is 1. The normalized spacial score (nSPS) is 10.5. The summed E-state index contributed by atoms with van der Waals surface area (Å²) in [7, 11) is 1.83. The number of nitrogens with zero attached hydrogens (tertiary/aromatic N) is 3. The van der Waals surface area contributed by atoms with E-state index in [-0.39, 0.29) is 5.88 Å². The van der Waals surface area contributed by atoms with Crippen LogP contribution in [0.15, 0.2) is 41.4 Å². The Kier molecular flexibility index (Phi) is 5.26. The van der Waals surface area contributed by atoms with Crippen molar-refractivity contribution in [2.24, 2.45) is 12.8 Å². The molecule has 0 saturated heterocycles. The average molecular weight is 359 g/mol. The second-order valence-corrected chi connectivity index (χ2v) is 5.75. The number of rotatable bonds is 6. The van der Waals surface area contributed by atoms with Gasteiger partial charge in [-0.25, -0.2) is 9.78 Å². The van der Waals surface area contributed by atoms with Crippen LogP contribution in [0.5, 0.6) is 11.6 Å². The summed E-state index contributed by atoms with van der Waals surface area (Å²) in [6, 6.07) is 7.16. The molecule has 0 atom stereocenters. The Hall–Kier alpha value is -2.91. The number of thiazole rings is 1. The van der Waals surface area contributed by atoms with Gasteiger partial charge in [-0.05, 0) is 24.3 Å². The lowest BCUT2D eigenvalue weighted by Crippen LogP contribution is -2.17. The third-order valence-corrected chi connectivity index (χ3v) is 3.87. The zero-order valence-corrected chi connectivity index (χ0v) is 14.3. The van der Waals surface area contributed by atoms with Gasteiger partial charge in [-0.2, -0.15) is 5.10 Å². The minimum atomic E-state index is -0.613. The fraction of sp³-hybridized carbons (Fsp3) is 0.188. The minimum absolute atomic E-state index is 0.261.